The van der Waals surface area contributed by atoms with Crippen LogP contribution in [-0.4, -0.2) is 40.2 Å². The van der Waals surface area contributed by atoms with Crippen molar-refractivity contribution < 1.29 is 24.6 Å². The van der Waals surface area contributed by atoms with Crippen LogP contribution in [0.2, 0.25) is 15.1 Å². The summed E-state index contributed by atoms with van der Waals surface area (Å²) in [4.78, 5) is 16.8. The van der Waals surface area contributed by atoms with Crippen LogP contribution >= 0.6 is 34.8 Å². The smallest absolute Gasteiger partial charge is 0.335 e. The zero-order valence-electron chi connectivity index (χ0n) is 20.7. The van der Waals surface area contributed by atoms with E-state index in [9.17, 15) is 9.90 Å². The molecule has 0 spiro atoms. The number of halogens is 3. The van der Waals surface area contributed by atoms with Gasteiger partial charge in [-0.05, 0) is 79.6 Å². The van der Waals surface area contributed by atoms with Gasteiger partial charge in [0.1, 0.15) is 18.1 Å². The van der Waals surface area contributed by atoms with Crippen LogP contribution in [0.4, 0.5) is 0 Å². The Kier molecular flexibility index (Phi) is 7.35. The second kappa shape index (κ2) is 10.4. The average Bonchev–Trinajstić information content (AvgIpc) is 3.53. The minimum absolute atomic E-state index is 0.159. The zero-order chi connectivity index (χ0) is 27.2. The largest absolute Gasteiger partial charge is 0.493 e. The van der Waals surface area contributed by atoms with E-state index >= 15 is 0 Å². The topological polar surface area (TPSA) is 88.4 Å². The quantitative estimate of drug-likeness (QED) is 0.297. The van der Waals surface area contributed by atoms with E-state index in [-0.39, 0.29) is 18.1 Å². The van der Waals surface area contributed by atoms with Crippen LogP contribution in [0.5, 0.6) is 5.75 Å². The van der Waals surface area contributed by atoms with Crippen molar-refractivity contribution in [3.63, 3.8) is 0 Å². The molecule has 1 aliphatic heterocycles. The first-order valence-electron chi connectivity index (χ1n) is 12.2. The SMILES string of the molecule is CC(C)(O)C1ON=C(c2c(Cl)cccc2Cl)C1COc1ccc([C@H]2CC2c2ccc(C(=O)O)cc2)c(Cl)c1. The molecule has 0 aromatic heterocycles. The zero-order valence-corrected chi connectivity index (χ0v) is 23.0. The summed E-state index contributed by atoms with van der Waals surface area (Å²) in [5.74, 6) is -0.241. The number of nitrogens with zero attached hydrogens (tertiary/aromatic N) is 1. The fourth-order valence-electron chi connectivity index (χ4n) is 5.02. The molecule has 3 aromatic carbocycles. The van der Waals surface area contributed by atoms with Gasteiger partial charge in [-0.2, -0.15) is 0 Å². The van der Waals surface area contributed by atoms with Gasteiger partial charge in [0, 0.05) is 10.6 Å². The normalized spacial score (nSPS) is 22.5. The minimum atomic E-state index is -1.20. The van der Waals surface area contributed by atoms with Gasteiger partial charge in [0.25, 0.3) is 0 Å². The Hall–Kier alpha value is -2.77. The lowest BCUT2D eigenvalue weighted by molar-refractivity contribution is -0.0927. The van der Waals surface area contributed by atoms with Crippen molar-refractivity contribution in [1.82, 2.24) is 0 Å². The third kappa shape index (κ3) is 5.36. The molecule has 0 saturated heterocycles. The summed E-state index contributed by atoms with van der Waals surface area (Å²) in [5.41, 5.74) is 2.27. The average molecular weight is 575 g/mol. The number of aromatic carboxylic acids is 1. The third-order valence-corrected chi connectivity index (χ3v) is 8.03. The fourth-order valence-corrected chi connectivity index (χ4v) is 5.93. The van der Waals surface area contributed by atoms with Crippen molar-refractivity contribution in [2.45, 2.75) is 43.8 Å². The van der Waals surface area contributed by atoms with Crippen LogP contribution in [0.15, 0.2) is 65.8 Å². The van der Waals surface area contributed by atoms with E-state index < -0.39 is 23.6 Å². The van der Waals surface area contributed by atoms with Crippen molar-refractivity contribution in [3.05, 3.63) is 98.0 Å². The highest BCUT2D eigenvalue weighted by Crippen LogP contribution is 2.56. The monoisotopic (exact) mass is 573 g/mol. The van der Waals surface area contributed by atoms with Crippen molar-refractivity contribution in [3.8, 4) is 5.75 Å². The maximum Gasteiger partial charge on any atom is 0.335 e. The molecule has 6 nitrogen and oxygen atoms in total. The summed E-state index contributed by atoms with van der Waals surface area (Å²) in [6, 6.07) is 17.8. The number of carbonyl (C=O) groups is 1. The van der Waals surface area contributed by atoms with Gasteiger partial charge in [0.15, 0.2) is 6.10 Å². The number of aliphatic hydroxyl groups is 1. The molecule has 198 valence electrons. The first kappa shape index (κ1) is 26.8. The molecule has 3 unspecified atom stereocenters. The van der Waals surface area contributed by atoms with E-state index in [0.29, 0.717) is 38.0 Å². The fraction of sp³-hybridized carbons (Fsp3) is 0.310. The minimum Gasteiger partial charge on any atom is -0.493 e. The number of oxime groups is 1. The van der Waals surface area contributed by atoms with Gasteiger partial charge in [0.05, 0.1) is 27.1 Å². The van der Waals surface area contributed by atoms with Gasteiger partial charge >= 0.3 is 5.97 Å². The predicted octanol–water partition coefficient (Wildman–Crippen LogP) is 7.19. The molecule has 3 aromatic rings. The lowest BCUT2D eigenvalue weighted by atomic mass is 9.85. The Labute approximate surface area is 235 Å². The summed E-state index contributed by atoms with van der Waals surface area (Å²) < 4.78 is 6.13. The van der Waals surface area contributed by atoms with Crippen molar-refractivity contribution in [1.29, 1.82) is 0 Å². The summed E-state index contributed by atoms with van der Waals surface area (Å²) in [5, 5.41) is 25.6. The van der Waals surface area contributed by atoms with Crippen LogP contribution in [0, 0.1) is 5.92 Å². The number of carboxylic acid groups (broad SMARTS) is 1. The van der Waals surface area contributed by atoms with Crippen molar-refractivity contribution in [2.75, 3.05) is 6.61 Å². The Bertz CT molecular complexity index is 1380. The summed E-state index contributed by atoms with van der Waals surface area (Å²) >= 11 is 19.5. The molecule has 1 fully saturated rings. The highest BCUT2D eigenvalue weighted by Gasteiger charge is 2.45. The number of ether oxygens (including phenoxy) is 1. The van der Waals surface area contributed by atoms with Crippen LogP contribution in [-0.2, 0) is 4.84 Å². The molecule has 2 aliphatic rings. The number of hydrogen-bond acceptors (Lipinski definition) is 5. The second-order valence-corrected chi connectivity index (χ2v) is 11.5. The first-order chi connectivity index (χ1) is 18.0. The van der Waals surface area contributed by atoms with Gasteiger partial charge in [-0.15, -0.1) is 0 Å². The predicted molar refractivity (Wildman–Crippen MR) is 148 cm³/mol. The summed E-state index contributed by atoms with van der Waals surface area (Å²) in [6.07, 6.45) is 0.275. The molecule has 2 N–H and O–H groups in total. The van der Waals surface area contributed by atoms with Crippen LogP contribution in [0.1, 0.15) is 59.2 Å². The van der Waals surface area contributed by atoms with Crippen LogP contribution in [0.25, 0.3) is 0 Å². The highest BCUT2D eigenvalue weighted by atomic mass is 35.5. The number of carboxylic acids is 1. The van der Waals surface area contributed by atoms with Crippen molar-refractivity contribution in [2.24, 2.45) is 11.1 Å². The number of benzene rings is 3. The van der Waals surface area contributed by atoms with Gasteiger partial charge in [-0.25, -0.2) is 4.79 Å². The lowest BCUT2D eigenvalue weighted by Crippen LogP contribution is -2.44. The van der Waals surface area contributed by atoms with E-state index in [2.05, 4.69) is 5.16 Å². The van der Waals surface area contributed by atoms with E-state index in [1.165, 1.54) is 0 Å². The van der Waals surface area contributed by atoms with E-state index in [1.807, 2.05) is 24.3 Å². The maximum atomic E-state index is 11.1. The second-order valence-electron chi connectivity index (χ2n) is 10.2. The molecule has 1 saturated carbocycles. The standard InChI is InChI=1S/C29H26Cl3NO5/c1-29(2,36)27-21(26(33-38-27)25-22(30)4-3-5-23(25)31)14-37-17-10-11-18(24(32)12-17)20-13-19(20)15-6-8-16(9-7-15)28(34)35/h3-12,19-21,27,36H,13-14H2,1-2H3,(H,34,35)/t19?,20-,21?,27?/m1/s1. The van der Waals surface area contributed by atoms with E-state index in [0.717, 1.165) is 17.5 Å². The van der Waals surface area contributed by atoms with Gasteiger partial charge in [0.2, 0.25) is 0 Å². The van der Waals surface area contributed by atoms with Gasteiger partial charge < -0.3 is 19.8 Å². The van der Waals surface area contributed by atoms with Gasteiger partial charge in [-0.3, -0.25) is 0 Å². The van der Waals surface area contributed by atoms with Crippen LogP contribution in [0.3, 0.4) is 0 Å². The first-order valence-corrected chi connectivity index (χ1v) is 13.3. The lowest BCUT2D eigenvalue weighted by Gasteiger charge is -2.29. The van der Waals surface area contributed by atoms with E-state index in [1.54, 1.807) is 50.2 Å². The van der Waals surface area contributed by atoms with Crippen molar-refractivity contribution >= 4 is 46.5 Å². The Balaban J connectivity index is 1.30. The molecule has 0 radical (unpaired) electrons. The molecule has 0 bridgehead atoms. The number of rotatable bonds is 8. The molecule has 1 aliphatic carbocycles. The molecule has 1 heterocycles. The number of hydrogen-bond donors (Lipinski definition) is 2. The van der Waals surface area contributed by atoms with Gasteiger partial charge in [-0.1, -0.05) is 64.2 Å². The highest BCUT2D eigenvalue weighted by molar-refractivity contribution is 6.40. The van der Waals surface area contributed by atoms with Crippen LogP contribution < -0.4 is 4.74 Å². The molecular formula is C29H26Cl3NO5. The molecule has 0 amide bonds. The summed E-state index contributed by atoms with van der Waals surface area (Å²) in [7, 11) is 0. The molecule has 4 atom stereocenters. The van der Waals surface area contributed by atoms with E-state index in [4.69, 9.17) is 49.5 Å². The Morgan fingerprint density at radius 3 is 2.32 bits per heavy atom. The Morgan fingerprint density at radius 1 is 1.03 bits per heavy atom. The molecule has 5 rings (SSSR count). The summed E-state index contributed by atoms with van der Waals surface area (Å²) in [6.45, 7) is 3.47. The molecular weight excluding hydrogens is 549 g/mol. The molecule has 9 heteroatoms. The molecule has 38 heavy (non-hydrogen) atoms. The third-order valence-electron chi connectivity index (χ3n) is 7.07. The maximum absolute atomic E-state index is 11.1. The Morgan fingerprint density at radius 2 is 1.71 bits per heavy atom.